The normalized spacial score (nSPS) is 10.3. The number of nitrogens with zero attached hydrogens (tertiary/aromatic N) is 3. The maximum absolute atomic E-state index is 12.4. The van der Waals surface area contributed by atoms with Crippen molar-refractivity contribution in [1.29, 1.82) is 0 Å². The molecule has 1 heterocycles. The first-order chi connectivity index (χ1) is 13.0. The Morgan fingerprint density at radius 1 is 1.19 bits per heavy atom. The first-order valence-corrected chi connectivity index (χ1v) is 7.78. The number of benzene rings is 2. The summed E-state index contributed by atoms with van der Waals surface area (Å²) >= 11 is 0. The number of ether oxygens (including phenoxy) is 1. The molecule has 0 bridgehead atoms. The Kier molecular flexibility index (Phi) is 4.93. The van der Waals surface area contributed by atoms with Gasteiger partial charge in [0.1, 0.15) is 5.75 Å². The molecular formula is C18H14N4O5. The summed E-state index contributed by atoms with van der Waals surface area (Å²) in [6.45, 7) is 0. The quantitative estimate of drug-likeness (QED) is 0.547. The van der Waals surface area contributed by atoms with Crippen molar-refractivity contribution in [2.24, 2.45) is 0 Å². The molecule has 3 rings (SSSR count). The molecule has 0 saturated carbocycles. The van der Waals surface area contributed by atoms with Crippen LogP contribution >= 0.6 is 0 Å². The molecule has 0 spiro atoms. The molecule has 1 N–H and O–H groups in total. The lowest BCUT2D eigenvalue weighted by Gasteiger charge is -2.09. The van der Waals surface area contributed by atoms with Crippen molar-refractivity contribution in [3.05, 3.63) is 86.8 Å². The third kappa shape index (κ3) is 3.98. The summed E-state index contributed by atoms with van der Waals surface area (Å²) in [6, 6.07) is 13.5. The molecule has 0 unspecified atom stereocenters. The van der Waals surface area contributed by atoms with Crippen molar-refractivity contribution in [1.82, 2.24) is 9.78 Å². The zero-order valence-electron chi connectivity index (χ0n) is 14.2. The fraction of sp³-hybridized carbons (Fsp3) is 0.0556. The Balaban J connectivity index is 1.89. The number of hydrogen-bond donors (Lipinski definition) is 1. The maximum atomic E-state index is 12.4. The summed E-state index contributed by atoms with van der Waals surface area (Å²) in [5, 5.41) is 17.3. The van der Waals surface area contributed by atoms with Gasteiger partial charge in [0.05, 0.1) is 17.7 Å². The highest BCUT2D eigenvalue weighted by Crippen LogP contribution is 2.17. The second-order valence-electron chi connectivity index (χ2n) is 5.43. The number of aromatic nitrogens is 2. The zero-order chi connectivity index (χ0) is 19.4. The van der Waals surface area contributed by atoms with Gasteiger partial charge >= 0.3 is 0 Å². The van der Waals surface area contributed by atoms with Crippen LogP contribution < -0.4 is 15.5 Å². The topological polar surface area (TPSA) is 116 Å². The van der Waals surface area contributed by atoms with Gasteiger partial charge in [0.15, 0.2) is 5.69 Å². The summed E-state index contributed by atoms with van der Waals surface area (Å²) < 4.78 is 6.47. The van der Waals surface area contributed by atoms with Gasteiger partial charge in [-0.3, -0.25) is 19.7 Å². The minimum atomic E-state index is -0.761. The second-order valence-corrected chi connectivity index (χ2v) is 5.43. The number of carbonyl (C=O) groups excluding carboxylic acids is 1. The number of anilines is 1. The first-order valence-electron chi connectivity index (χ1n) is 7.78. The molecule has 0 radical (unpaired) electrons. The average molecular weight is 366 g/mol. The molecule has 0 saturated heterocycles. The van der Waals surface area contributed by atoms with E-state index in [-0.39, 0.29) is 17.1 Å². The van der Waals surface area contributed by atoms with Crippen LogP contribution in [0, 0.1) is 10.1 Å². The van der Waals surface area contributed by atoms with E-state index in [0.29, 0.717) is 11.4 Å². The molecule has 0 aliphatic heterocycles. The standard InChI is InChI=1S/C18H14N4O5/c1-27-15-7-5-13(6-8-15)21-10-9-16(23)17(20-21)18(24)19-12-3-2-4-14(11-12)22(25)26/h2-11H,1H3,(H,19,24). The van der Waals surface area contributed by atoms with Crippen LogP contribution in [-0.2, 0) is 0 Å². The Bertz CT molecular complexity index is 1060. The molecule has 3 aromatic rings. The number of hydrogen-bond acceptors (Lipinski definition) is 6. The van der Waals surface area contributed by atoms with Gasteiger partial charge in [-0.05, 0) is 30.3 Å². The summed E-state index contributed by atoms with van der Waals surface area (Å²) in [6.07, 6.45) is 1.44. The molecule has 2 aromatic carbocycles. The van der Waals surface area contributed by atoms with E-state index < -0.39 is 16.3 Å². The number of amides is 1. The van der Waals surface area contributed by atoms with E-state index in [4.69, 9.17) is 4.74 Å². The monoisotopic (exact) mass is 366 g/mol. The van der Waals surface area contributed by atoms with Crippen LogP contribution in [0.4, 0.5) is 11.4 Å². The number of nitro benzene ring substituents is 1. The summed E-state index contributed by atoms with van der Waals surface area (Å²) in [7, 11) is 1.54. The Hall–Kier alpha value is -4.01. The van der Waals surface area contributed by atoms with Crippen molar-refractivity contribution in [3.63, 3.8) is 0 Å². The van der Waals surface area contributed by atoms with Crippen molar-refractivity contribution in [2.75, 3.05) is 12.4 Å². The van der Waals surface area contributed by atoms with E-state index in [0.717, 1.165) is 0 Å². The minimum Gasteiger partial charge on any atom is -0.497 e. The fourth-order valence-corrected chi connectivity index (χ4v) is 2.33. The zero-order valence-corrected chi connectivity index (χ0v) is 14.2. The van der Waals surface area contributed by atoms with Crippen LogP contribution in [0.25, 0.3) is 5.69 Å². The Morgan fingerprint density at radius 3 is 2.59 bits per heavy atom. The predicted octanol–water partition coefficient (Wildman–Crippen LogP) is 2.40. The SMILES string of the molecule is COc1ccc(-n2ccc(=O)c(C(=O)Nc3cccc([N+](=O)[O-])c3)n2)cc1. The van der Waals surface area contributed by atoms with Crippen LogP contribution in [0.1, 0.15) is 10.5 Å². The summed E-state index contributed by atoms with van der Waals surface area (Å²) in [5.74, 6) is -0.105. The van der Waals surface area contributed by atoms with E-state index >= 15 is 0 Å². The molecule has 1 amide bonds. The van der Waals surface area contributed by atoms with Gasteiger partial charge < -0.3 is 10.1 Å². The Morgan fingerprint density at radius 2 is 1.93 bits per heavy atom. The van der Waals surface area contributed by atoms with Crippen LogP contribution in [-0.4, -0.2) is 27.7 Å². The molecule has 0 aliphatic rings. The molecule has 1 aromatic heterocycles. The van der Waals surface area contributed by atoms with Gasteiger partial charge in [0.2, 0.25) is 5.43 Å². The highest BCUT2D eigenvalue weighted by Gasteiger charge is 2.15. The van der Waals surface area contributed by atoms with Gasteiger partial charge in [-0.2, -0.15) is 5.10 Å². The maximum Gasteiger partial charge on any atom is 0.280 e. The first kappa shape index (κ1) is 17.8. The van der Waals surface area contributed by atoms with Crippen molar-refractivity contribution >= 4 is 17.3 Å². The van der Waals surface area contributed by atoms with Gasteiger partial charge in [-0.25, -0.2) is 4.68 Å². The van der Waals surface area contributed by atoms with Gasteiger partial charge in [-0.15, -0.1) is 0 Å². The summed E-state index contributed by atoms with van der Waals surface area (Å²) in [5.41, 5.74) is -0.262. The van der Waals surface area contributed by atoms with Crippen molar-refractivity contribution in [2.45, 2.75) is 0 Å². The van der Waals surface area contributed by atoms with Crippen LogP contribution in [0.15, 0.2) is 65.6 Å². The lowest BCUT2D eigenvalue weighted by molar-refractivity contribution is -0.384. The van der Waals surface area contributed by atoms with Crippen molar-refractivity contribution < 1.29 is 14.5 Å². The number of nitrogens with one attached hydrogen (secondary N) is 1. The lowest BCUT2D eigenvalue weighted by Crippen LogP contribution is -2.25. The predicted molar refractivity (Wildman–Crippen MR) is 97.4 cm³/mol. The second kappa shape index (κ2) is 7.48. The minimum absolute atomic E-state index is 0.176. The number of methoxy groups -OCH3 is 1. The lowest BCUT2D eigenvalue weighted by atomic mass is 10.2. The van der Waals surface area contributed by atoms with Crippen LogP contribution in [0.2, 0.25) is 0 Å². The van der Waals surface area contributed by atoms with Gasteiger partial charge in [0, 0.05) is 30.1 Å². The molecule has 9 nitrogen and oxygen atoms in total. The highest BCUT2D eigenvalue weighted by molar-refractivity contribution is 6.02. The third-order valence-electron chi connectivity index (χ3n) is 3.68. The van der Waals surface area contributed by atoms with E-state index in [1.165, 1.54) is 41.2 Å². The van der Waals surface area contributed by atoms with E-state index in [1.54, 1.807) is 31.4 Å². The number of non-ortho nitro benzene ring substituents is 1. The van der Waals surface area contributed by atoms with Gasteiger partial charge in [-0.1, -0.05) is 6.07 Å². The highest BCUT2D eigenvalue weighted by atomic mass is 16.6. The molecule has 0 fully saturated rings. The number of rotatable bonds is 5. The van der Waals surface area contributed by atoms with Gasteiger partial charge in [0.25, 0.3) is 11.6 Å². The molecular weight excluding hydrogens is 352 g/mol. The smallest absolute Gasteiger partial charge is 0.280 e. The van der Waals surface area contributed by atoms with E-state index in [1.807, 2.05) is 0 Å². The molecule has 136 valence electrons. The third-order valence-corrected chi connectivity index (χ3v) is 3.68. The Labute approximate surface area is 153 Å². The average Bonchev–Trinajstić information content (AvgIpc) is 2.68. The number of carbonyl (C=O) groups is 1. The van der Waals surface area contributed by atoms with Crippen LogP contribution in [0.3, 0.4) is 0 Å². The van der Waals surface area contributed by atoms with E-state index in [2.05, 4.69) is 10.4 Å². The number of nitro groups is 1. The van der Waals surface area contributed by atoms with Crippen LogP contribution in [0.5, 0.6) is 5.75 Å². The fourth-order valence-electron chi connectivity index (χ4n) is 2.33. The summed E-state index contributed by atoms with van der Waals surface area (Å²) in [4.78, 5) is 34.7. The largest absolute Gasteiger partial charge is 0.497 e. The molecule has 0 atom stereocenters. The molecule has 0 aliphatic carbocycles. The molecule has 27 heavy (non-hydrogen) atoms. The molecule has 9 heteroatoms. The van der Waals surface area contributed by atoms with Crippen molar-refractivity contribution in [3.8, 4) is 11.4 Å². The van der Waals surface area contributed by atoms with E-state index in [9.17, 15) is 19.7 Å².